The molecular formula is C16H24N2O. The van der Waals surface area contributed by atoms with E-state index in [1.54, 1.807) is 0 Å². The maximum Gasteiger partial charge on any atom is 0.114 e. The van der Waals surface area contributed by atoms with Gasteiger partial charge in [-0.25, -0.2) is 0 Å². The highest BCUT2D eigenvalue weighted by Gasteiger charge is 2.39. The first-order valence-electron chi connectivity index (χ1n) is 7.43. The zero-order valence-electron chi connectivity index (χ0n) is 11.5. The van der Waals surface area contributed by atoms with E-state index in [1.165, 1.54) is 25.7 Å². The lowest BCUT2D eigenvalue weighted by Gasteiger charge is -2.34. The molecule has 2 fully saturated rings. The average Bonchev–Trinajstić information content (AvgIpc) is 3.30. The quantitative estimate of drug-likeness (QED) is 0.784. The summed E-state index contributed by atoms with van der Waals surface area (Å²) < 4.78 is 0. The van der Waals surface area contributed by atoms with Gasteiger partial charge >= 0.3 is 0 Å². The Morgan fingerprint density at radius 1 is 1.16 bits per heavy atom. The molecule has 19 heavy (non-hydrogen) atoms. The van der Waals surface area contributed by atoms with Crippen LogP contribution in [0.3, 0.4) is 0 Å². The topological polar surface area (TPSA) is 49.5 Å². The van der Waals surface area contributed by atoms with Gasteiger partial charge in [0.1, 0.15) is 5.60 Å². The van der Waals surface area contributed by atoms with E-state index in [2.05, 4.69) is 4.90 Å². The Balaban J connectivity index is 1.72. The maximum atomic E-state index is 10.9. The summed E-state index contributed by atoms with van der Waals surface area (Å²) in [5, 5.41) is 10.9. The molecule has 1 unspecified atom stereocenters. The summed E-state index contributed by atoms with van der Waals surface area (Å²) >= 11 is 0. The fourth-order valence-corrected chi connectivity index (χ4v) is 2.77. The maximum absolute atomic E-state index is 10.9. The highest BCUT2D eigenvalue weighted by Crippen LogP contribution is 2.36. The number of rotatable bonds is 7. The molecule has 2 aliphatic rings. The molecule has 1 aromatic rings. The Labute approximate surface area is 115 Å². The van der Waals surface area contributed by atoms with Gasteiger partial charge in [-0.05, 0) is 37.2 Å². The van der Waals surface area contributed by atoms with Crippen LogP contribution in [0.4, 0.5) is 0 Å². The van der Waals surface area contributed by atoms with Gasteiger partial charge in [0.25, 0.3) is 0 Å². The molecule has 104 valence electrons. The zero-order valence-corrected chi connectivity index (χ0v) is 11.5. The summed E-state index contributed by atoms with van der Waals surface area (Å²) in [4.78, 5) is 2.47. The van der Waals surface area contributed by atoms with Crippen molar-refractivity contribution in [1.82, 2.24) is 4.90 Å². The molecule has 0 amide bonds. The van der Waals surface area contributed by atoms with Gasteiger partial charge in [-0.15, -0.1) is 0 Å². The third-order valence-electron chi connectivity index (χ3n) is 4.37. The van der Waals surface area contributed by atoms with Gasteiger partial charge in [-0.2, -0.15) is 0 Å². The van der Waals surface area contributed by atoms with Crippen molar-refractivity contribution in [3.8, 4) is 0 Å². The lowest BCUT2D eigenvalue weighted by Crippen LogP contribution is -2.47. The molecular weight excluding hydrogens is 236 g/mol. The molecule has 3 rings (SSSR count). The summed E-state index contributed by atoms with van der Waals surface area (Å²) in [6, 6.07) is 10.6. The molecule has 0 saturated heterocycles. The van der Waals surface area contributed by atoms with Crippen molar-refractivity contribution in [2.24, 2.45) is 11.7 Å². The van der Waals surface area contributed by atoms with E-state index >= 15 is 0 Å². The van der Waals surface area contributed by atoms with Crippen LogP contribution >= 0.6 is 0 Å². The highest BCUT2D eigenvalue weighted by atomic mass is 16.3. The predicted molar refractivity (Wildman–Crippen MR) is 76.7 cm³/mol. The van der Waals surface area contributed by atoms with Crippen LogP contribution in [0.1, 0.15) is 31.2 Å². The molecule has 1 atom stereocenters. The van der Waals surface area contributed by atoms with Crippen molar-refractivity contribution in [2.45, 2.75) is 37.3 Å². The summed E-state index contributed by atoms with van der Waals surface area (Å²) in [7, 11) is 0. The van der Waals surface area contributed by atoms with Crippen LogP contribution in [0, 0.1) is 5.92 Å². The van der Waals surface area contributed by atoms with Crippen molar-refractivity contribution in [3.05, 3.63) is 35.9 Å². The highest BCUT2D eigenvalue weighted by molar-refractivity contribution is 5.23. The second-order valence-corrected chi connectivity index (χ2v) is 6.21. The summed E-state index contributed by atoms with van der Waals surface area (Å²) in [6.07, 6.45) is 5.27. The van der Waals surface area contributed by atoms with Crippen molar-refractivity contribution in [1.29, 1.82) is 0 Å². The van der Waals surface area contributed by atoms with E-state index in [0.717, 1.165) is 18.0 Å². The SMILES string of the molecule is NCC(O)(CN(CC1CC1)C1CC1)c1ccccc1. The smallest absolute Gasteiger partial charge is 0.114 e. The van der Waals surface area contributed by atoms with Gasteiger partial charge in [-0.3, -0.25) is 4.90 Å². The van der Waals surface area contributed by atoms with Crippen molar-refractivity contribution in [3.63, 3.8) is 0 Å². The Morgan fingerprint density at radius 2 is 1.84 bits per heavy atom. The monoisotopic (exact) mass is 260 g/mol. The van der Waals surface area contributed by atoms with Crippen molar-refractivity contribution >= 4 is 0 Å². The molecule has 0 bridgehead atoms. The number of nitrogens with zero attached hydrogens (tertiary/aromatic N) is 1. The normalized spacial score (nSPS) is 22.5. The fourth-order valence-electron chi connectivity index (χ4n) is 2.77. The molecule has 2 saturated carbocycles. The van der Waals surface area contributed by atoms with Gasteiger partial charge < -0.3 is 10.8 Å². The third kappa shape index (κ3) is 3.16. The van der Waals surface area contributed by atoms with E-state index < -0.39 is 5.60 Å². The van der Waals surface area contributed by atoms with E-state index in [-0.39, 0.29) is 6.54 Å². The number of aliphatic hydroxyl groups is 1. The molecule has 3 N–H and O–H groups in total. The van der Waals surface area contributed by atoms with Gasteiger partial charge in [0.15, 0.2) is 0 Å². The number of nitrogens with two attached hydrogens (primary N) is 1. The van der Waals surface area contributed by atoms with Crippen LogP contribution in [0.25, 0.3) is 0 Å². The second kappa shape index (κ2) is 5.23. The summed E-state index contributed by atoms with van der Waals surface area (Å²) in [5.41, 5.74) is 5.92. The van der Waals surface area contributed by atoms with E-state index in [4.69, 9.17) is 5.73 Å². The Morgan fingerprint density at radius 3 is 2.37 bits per heavy atom. The minimum Gasteiger partial charge on any atom is -0.382 e. The number of hydrogen-bond donors (Lipinski definition) is 2. The lowest BCUT2D eigenvalue weighted by atomic mass is 9.93. The van der Waals surface area contributed by atoms with Crippen LogP contribution in [0.5, 0.6) is 0 Å². The summed E-state index contributed by atoms with van der Waals surface area (Å²) in [5.74, 6) is 0.860. The minimum absolute atomic E-state index is 0.283. The first kappa shape index (κ1) is 13.1. The third-order valence-corrected chi connectivity index (χ3v) is 4.37. The molecule has 0 spiro atoms. The number of hydrogen-bond acceptors (Lipinski definition) is 3. The van der Waals surface area contributed by atoms with E-state index in [9.17, 15) is 5.11 Å². The van der Waals surface area contributed by atoms with Gasteiger partial charge in [0.2, 0.25) is 0 Å². The van der Waals surface area contributed by atoms with Crippen molar-refractivity contribution in [2.75, 3.05) is 19.6 Å². The largest absolute Gasteiger partial charge is 0.382 e. The molecule has 3 nitrogen and oxygen atoms in total. The van der Waals surface area contributed by atoms with Gasteiger partial charge in [0, 0.05) is 25.7 Å². The van der Waals surface area contributed by atoms with Crippen LogP contribution < -0.4 is 5.73 Å². The molecule has 0 radical (unpaired) electrons. The van der Waals surface area contributed by atoms with E-state index in [0.29, 0.717) is 12.6 Å². The van der Waals surface area contributed by atoms with Crippen molar-refractivity contribution < 1.29 is 5.11 Å². The van der Waals surface area contributed by atoms with Crippen LogP contribution in [0.2, 0.25) is 0 Å². The number of benzene rings is 1. The standard InChI is InChI=1S/C16H24N2O/c17-11-16(19,14-4-2-1-3-5-14)12-18(15-8-9-15)10-13-6-7-13/h1-5,13,15,19H,6-12,17H2. The molecule has 1 aromatic carbocycles. The minimum atomic E-state index is -0.904. The molecule has 3 heteroatoms. The van der Waals surface area contributed by atoms with Crippen LogP contribution in [0.15, 0.2) is 30.3 Å². The molecule has 0 heterocycles. The molecule has 0 aliphatic heterocycles. The average molecular weight is 260 g/mol. The Bertz CT molecular complexity index is 414. The van der Waals surface area contributed by atoms with E-state index in [1.807, 2.05) is 30.3 Å². The van der Waals surface area contributed by atoms with Crippen LogP contribution in [-0.4, -0.2) is 35.7 Å². The van der Waals surface area contributed by atoms with Gasteiger partial charge in [-0.1, -0.05) is 30.3 Å². The Kier molecular flexibility index (Phi) is 3.61. The lowest BCUT2D eigenvalue weighted by molar-refractivity contribution is 0.00288. The predicted octanol–water partition coefficient (Wildman–Crippen LogP) is 1.71. The fraction of sp³-hybridized carbons (Fsp3) is 0.625. The second-order valence-electron chi connectivity index (χ2n) is 6.21. The van der Waals surface area contributed by atoms with Crippen LogP contribution in [-0.2, 0) is 5.60 Å². The summed E-state index contributed by atoms with van der Waals surface area (Å²) in [6.45, 7) is 2.10. The zero-order chi connectivity index (χ0) is 13.3. The van der Waals surface area contributed by atoms with Gasteiger partial charge in [0.05, 0.1) is 0 Å². The molecule has 0 aromatic heterocycles. The molecule has 2 aliphatic carbocycles. The first-order chi connectivity index (χ1) is 9.21. The Hall–Kier alpha value is -0.900. The first-order valence-corrected chi connectivity index (χ1v) is 7.43.